The molecular weight excluding hydrogens is 300 g/mol. The number of hydrogen-bond acceptors (Lipinski definition) is 5. The summed E-state index contributed by atoms with van der Waals surface area (Å²) >= 11 is 0. The van der Waals surface area contributed by atoms with Crippen LogP contribution >= 0.6 is 0 Å². The van der Waals surface area contributed by atoms with E-state index in [1.165, 1.54) is 0 Å². The molecule has 8 heteroatoms. The van der Waals surface area contributed by atoms with Crippen LogP contribution in [0.1, 0.15) is 17.5 Å². The Labute approximate surface area is 119 Å². The van der Waals surface area contributed by atoms with Gasteiger partial charge in [0.15, 0.2) is 0 Å². The van der Waals surface area contributed by atoms with Gasteiger partial charge in [-0.3, -0.25) is 0 Å². The molecule has 1 aromatic carbocycles. The fourth-order valence-corrected chi connectivity index (χ4v) is 3.46. The van der Waals surface area contributed by atoms with Crippen LogP contribution in [0.2, 0.25) is 0 Å². The normalized spacial score (nSPS) is 12.0. The van der Waals surface area contributed by atoms with E-state index in [2.05, 4.69) is 4.72 Å². The van der Waals surface area contributed by atoms with Gasteiger partial charge in [0.05, 0.1) is 23.1 Å². The van der Waals surface area contributed by atoms with Gasteiger partial charge in [0.25, 0.3) is 0 Å². The lowest BCUT2D eigenvalue weighted by molar-refractivity contribution is 0.576. The summed E-state index contributed by atoms with van der Waals surface area (Å²) in [6.45, 7) is 0.0596. The highest BCUT2D eigenvalue weighted by atomic mass is 32.2. The maximum absolute atomic E-state index is 11.8. The Morgan fingerprint density at radius 1 is 1.20 bits per heavy atom. The summed E-state index contributed by atoms with van der Waals surface area (Å²) in [6, 6.07) is 8.38. The zero-order chi connectivity index (χ0) is 15.2. The van der Waals surface area contributed by atoms with E-state index in [1.54, 1.807) is 24.3 Å². The summed E-state index contributed by atoms with van der Waals surface area (Å²) in [5.74, 6) is -0.361. The summed E-state index contributed by atoms with van der Waals surface area (Å²) < 4.78 is 47.8. The maximum atomic E-state index is 11.8. The van der Waals surface area contributed by atoms with Gasteiger partial charge in [0.2, 0.25) is 10.0 Å². The van der Waals surface area contributed by atoms with E-state index in [0.717, 1.165) is 6.26 Å². The molecule has 0 aliphatic rings. The minimum atomic E-state index is -3.58. The molecule has 0 aliphatic heterocycles. The predicted octanol–water partition coefficient (Wildman–Crippen LogP) is 0.412. The third-order valence-electron chi connectivity index (χ3n) is 2.50. The fraction of sp³-hybridized carbons (Fsp3) is 0.417. The van der Waals surface area contributed by atoms with Crippen LogP contribution in [0.3, 0.4) is 0 Å². The van der Waals surface area contributed by atoms with Crippen molar-refractivity contribution in [1.29, 1.82) is 5.26 Å². The highest BCUT2D eigenvalue weighted by Gasteiger charge is 2.14. The van der Waals surface area contributed by atoms with Crippen molar-refractivity contribution in [2.24, 2.45) is 0 Å². The Hall–Kier alpha value is -1.43. The van der Waals surface area contributed by atoms with Gasteiger partial charge in [-0.15, -0.1) is 0 Å². The number of sulfonamides is 1. The molecule has 0 fully saturated rings. The Morgan fingerprint density at radius 2 is 1.85 bits per heavy atom. The minimum Gasteiger partial charge on any atom is -0.229 e. The standard InChI is InChI=1S/C12H16N2O4S2/c1-19(15,16)8-4-7-14-20(17,18)10-12-6-3-2-5-11(12)9-13/h2-3,5-6,14H,4,7-8,10H2,1H3. The molecule has 110 valence electrons. The van der Waals surface area contributed by atoms with Crippen LogP contribution in [0.5, 0.6) is 0 Å². The molecule has 1 rings (SSSR count). The maximum Gasteiger partial charge on any atom is 0.215 e. The monoisotopic (exact) mass is 316 g/mol. The van der Waals surface area contributed by atoms with Gasteiger partial charge in [-0.2, -0.15) is 5.26 Å². The molecule has 20 heavy (non-hydrogen) atoms. The van der Waals surface area contributed by atoms with Crippen molar-refractivity contribution in [2.75, 3.05) is 18.6 Å². The fourth-order valence-electron chi connectivity index (χ4n) is 1.57. The summed E-state index contributed by atoms with van der Waals surface area (Å²) in [7, 11) is -6.67. The molecule has 1 N–H and O–H groups in total. The molecule has 0 saturated heterocycles. The smallest absolute Gasteiger partial charge is 0.215 e. The number of nitrogens with one attached hydrogen (secondary N) is 1. The minimum absolute atomic E-state index is 0.0596. The molecule has 0 heterocycles. The zero-order valence-electron chi connectivity index (χ0n) is 11.0. The molecule has 0 aromatic heterocycles. The number of rotatable bonds is 7. The molecule has 0 spiro atoms. The van der Waals surface area contributed by atoms with Crippen molar-refractivity contribution in [3.8, 4) is 6.07 Å². The van der Waals surface area contributed by atoms with Gasteiger partial charge in [-0.05, 0) is 18.1 Å². The lowest BCUT2D eigenvalue weighted by Gasteiger charge is -2.07. The average molecular weight is 316 g/mol. The molecule has 1 aromatic rings. The summed E-state index contributed by atoms with van der Waals surface area (Å²) in [6.07, 6.45) is 1.32. The van der Waals surface area contributed by atoms with Gasteiger partial charge in [-0.25, -0.2) is 21.6 Å². The lowest BCUT2D eigenvalue weighted by Crippen LogP contribution is -2.27. The Bertz CT molecular complexity index is 703. The molecule has 0 atom stereocenters. The number of nitrogens with zero attached hydrogens (tertiary/aromatic N) is 1. The van der Waals surface area contributed by atoms with Crippen LogP contribution in [0, 0.1) is 11.3 Å². The van der Waals surface area contributed by atoms with Crippen LogP contribution in [0.15, 0.2) is 24.3 Å². The molecular formula is C12H16N2O4S2. The van der Waals surface area contributed by atoms with Gasteiger partial charge in [0.1, 0.15) is 9.84 Å². The van der Waals surface area contributed by atoms with Crippen LogP contribution in [0.4, 0.5) is 0 Å². The van der Waals surface area contributed by atoms with E-state index >= 15 is 0 Å². The second-order valence-corrected chi connectivity index (χ2v) is 8.47. The Morgan fingerprint density at radius 3 is 2.45 bits per heavy atom. The lowest BCUT2D eigenvalue weighted by atomic mass is 10.1. The van der Waals surface area contributed by atoms with E-state index < -0.39 is 19.9 Å². The van der Waals surface area contributed by atoms with E-state index in [9.17, 15) is 16.8 Å². The number of hydrogen-bond donors (Lipinski definition) is 1. The van der Waals surface area contributed by atoms with Gasteiger partial charge in [-0.1, -0.05) is 18.2 Å². The average Bonchev–Trinajstić information content (AvgIpc) is 2.34. The summed E-state index contributed by atoms with van der Waals surface area (Å²) in [5.41, 5.74) is 0.736. The number of sulfone groups is 1. The van der Waals surface area contributed by atoms with Crippen LogP contribution < -0.4 is 4.72 Å². The van der Waals surface area contributed by atoms with Crippen molar-refractivity contribution < 1.29 is 16.8 Å². The second kappa shape index (κ2) is 6.83. The summed E-state index contributed by atoms with van der Waals surface area (Å²) in [5, 5.41) is 8.89. The highest BCUT2D eigenvalue weighted by molar-refractivity contribution is 7.90. The number of benzene rings is 1. The molecule has 0 unspecified atom stereocenters. The first kappa shape index (κ1) is 16.6. The van der Waals surface area contributed by atoms with E-state index in [4.69, 9.17) is 5.26 Å². The second-order valence-electron chi connectivity index (χ2n) is 4.41. The largest absolute Gasteiger partial charge is 0.229 e. The summed E-state index contributed by atoms with van der Waals surface area (Å²) in [4.78, 5) is 0. The highest BCUT2D eigenvalue weighted by Crippen LogP contribution is 2.10. The Kier molecular flexibility index (Phi) is 5.68. The quantitative estimate of drug-likeness (QED) is 0.734. The van der Waals surface area contributed by atoms with Gasteiger partial charge < -0.3 is 0 Å². The van der Waals surface area contributed by atoms with Crippen LogP contribution in [0.25, 0.3) is 0 Å². The van der Waals surface area contributed by atoms with Crippen molar-refractivity contribution in [1.82, 2.24) is 4.72 Å². The Balaban J connectivity index is 2.60. The molecule has 0 amide bonds. The van der Waals surface area contributed by atoms with E-state index in [-0.39, 0.29) is 24.5 Å². The van der Waals surface area contributed by atoms with Crippen molar-refractivity contribution in [3.63, 3.8) is 0 Å². The molecule has 0 radical (unpaired) electrons. The first-order chi connectivity index (χ1) is 9.23. The third-order valence-corrected chi connectivity index (χ3v) is 4.86. The van der Waals surface area contributed by atoms with Crippen molar-refractivity contribution in [2.45, 2.75) is 12.2 Å². The SMILES string of the molecule is CS(=O)(=O)CCCNS(=O)(=O)Cc1ccccc1C#N. The topological polar surface area (TPSA) is 104 Å². The van der Waals surface area contributed by atoms with Crippen LogP contribution in [-0.4, -0.2) is 35.4 Å². The molecule has 6 nitrogen and oxygen atoms in total. The van der Waals surface area contributed by atoms with Gasteiger partial charge in [0, 0.05) is 12.8 Å². The van der Waals surface area contributed by atoms with Crippen molar-refractivity contribution in [3.05, 3.63) is 35.4 Å². The first-order valence-corrected chi connectivity index (χ1v) is 9.58. The van der Waals surface area contributed by atoms with E-state index in [0.29, 0.717) is 11.1 Å². The molecule has 0 saturated carbocycles. The predicted molar refractivity (Wildman–Crippen MR) is 76.1 cm³/mol. The number of nitriles is 1. The zero-order valence-corrected chi connectivity index (χ0v) is 12.7. The first-order valence-electron chi connectivity index (χ1n) is 5.86. The van der Waals surface area contributed by atoms with Crippen LogP contribution in [-0.2, 0) is 25.6 Å². The molecule has 0 aliphatic carbocycles. The molecule has 0 bridgehead atoms. The van der Waals surface area contributed by atoms with Gasteiger partial charge >= 0.3 is 0 Å². The third kappa shape index (κ3) is 6.14. The van der Waals surface area contributed by atoms with Crippen molar-refractivity contribution >= 4 is 19.9 Å². The van der Waals surface area contributed by atoms with E-state index in [1.807, 2.05) is 6.07 Å².